The van der Waals surface area contributed by atoms with Gasteiger partial charge in [0.05, 0.1) is 32.1 Å². The minimum atomic E-state index is -0.601. The van der Waals surface area contributed by atoms with Gasteiger partial charge in [0, 0.05) is 11.3 Å². The number of aromatic nitrogens is 2. The monoisotopic (exact) mass is 299 g/mol. The molecule has 9 nitrogen and oxygen atoms in total. The van der Waals surface area contributed by atoms with E-state index in [1.54, 1.807) is 0 Å². The first-order valence-electron chi connectivity index (χ1n) is 5.80. The predicted molar refractivity (Wildman–Crippen MR) is 71.0 cm³/mol. The van der Waals surface area contributed by atoms with E-state index in [4.69, 9.17) is 27.2 Å². The lowest BCUT2D eigenvalue weighted by molar-refractivity contribution is -0.0264. The molecule has 1 aliphatic heterocycles. The molecule has 20 heavy (non-hydrogen) atoms. The van der Waals surface area contributed by atoms with E-state index < -0.39 is 23.9 Å². The van der Waals surface area contributed by atoms with Crippen LogP contribution in [0.2, 0.25) is 0 Å². The van der Waals surface area contributed by atoms with Crippen LogP contribution in [0.15, 0.2) is 16.1 Å². The topological polar surface area (TPSA) is 125 Å². The van der Waals surface area contributed by atoms with Crippen LogP contribution in [0.3, 0.4) is 0 Å². The molecule has 0 spiro atoms. The van der Waals surface area contributed by atoms with Crippen LogP contribution in [-0.2, 0) is 4.74 Å². The third kappa shape index (κ3) is 2.68. The number of methoxy groups -OCH3 is 1. The van der Waals surface area contributed by atoms with Crippen LogP contribution in [0.5, 0.6) is 5.75 Å². The molecule has 10 heteroatoms. The maximum Gasteiger partial charge on any atom is 0.294 e. The van der Waals surface area contributed by atoms with Gasteiger partial charge in [-0.3, -0.25) is 14.3 Å². The van der Waals surface area contributed by atoms with Crippen LogP contribution < -0.4 is 10.3 Å². The fourth-order valence-corrected chi connectivity index (χ4v) is 2.33. The third-order valence-corrected chi connectivity index (χ3v) is 3.36. The molecule has 0 aromatic carbocycles. The highest BCUT2D eigenvalue weighted by Gasteiger charge is 2.35. The maximum atomic E-state index is 11.5. The zero-order valence-corrected chi connectivity index (χ0v) is 11.4. The van der Waals surface area contributed by atoms with E-state index in [2.05, 4.69) is 15.0 Å². The van der Waals surface area contributed by atoms with Crippen LogP contribution in [0.4, 0.5) is 0 Å². The van der Waals surface area contributed by atoms with Crippen molar-refractivity contribution in [2.75, 3.05) is 13.7 Å². The minimum absolute atomic E-state index is 0.0926. The van der Waals surface area contributed by atoms with Crippen LogP contribution in [-0.4, -0.2) is 40.5 Å². The Morgan fingerprint density at radius 3 is 3.15 bits per heavy atom. The van der Waals surface area contributed by atoms with E-state index in [-0.39, 0.29) is 17.1 Å². The molecule has 1 fully saturated rings. The van der Waals surface area contributed by atoms with Crippen molar-refractivity contribution in [3.8, 4) is 5.75 Å². The van der Waals surface area contributed by atoms with Gasteiger partial charge in [-0.25, -0.2) is 0 Å². The summed E-state index contributed by atoms with van der Waals surface area (Å²) in [5.41, 5.74) is 8.06. The van der Waals surface area contributed by atoms with Gasteiger partial charge in [0.1, 0.15) is 6.23 Å². The van der Waals surface area contributed by atoms with Crippen molar-refractivity contribution in [2.45, 2.75) is 24.8 Å². The van der Waals surface area contributed by atoms with Gasteiger partial charge < -0.3 is 14.6 Å². The normalized spacial score (nSPS) is 25.2. The van der Waals surface area contributed by atoms with E-state index in [0.717, 1.165) is 0 Å². The van der Waals surface area contributed by atoms with Gasteiger partial charge in [-0.2, -0.15) is 0 Å². The number of hydrogen-bond donors (Lipinski definition) is 2. The summed E-state index contributed by atoms with van der Waals surface area (Å²) in [7, 11) is 1.37. The third-order valence-electron chi connectivity index (χ3n) is 3.05. The van der Waals surface area contributed by atoms with E-state index >= 15 is 0 Å². The number of aliphatic hydroxyl groups is 1. The Hall–Kier alpha value is -1.87. The van der Waals surface area contributed by atoms with Crippen molar-refractivity contribution in [3.63, 3.8) is 0 Å². The smallest absolute Gasteiger partial charge is 0.294 e. The summed E-state index contributed by atoms with van der Waals surface area (Å²) >= 11 is 5.07. The van der Waals surface area contributed by atoms with Crippen molar-refractivity contribution >= 4 is 12.2 Å². The second-order valence-electron chi connectivity index (χ2n) is 4.18. The highest BCUT2D eigenvalue weighted by atomic mass is 32.1. The number of ether oxygens (including phenoxy) is 2. The molecular formula is C10H13N5O4S. The molecule has 0 bridgehead atoms. The Bertz CT molecular complexity index is 650. The Morgan fingerprint density at radius 1 is 1.80 bits per heavy atom. The number of hydrogen-bond acceptors (Lipinski definition) is 6. The fourth-order valence-electron chi connectivity index (χ4n) is 2.06. The molecule has 0 radical (unpaired) electrons. The lowest BCUT2D eigenvalue weighted by atomic mass is 10.1. The summed E-state index contributed by atoms with van der Waals surface area (Å²) in [5.74, 6) is 0.0926. The molecule has 0 amide bonds. The number of nitrogens with zero attached hydrogens (tertiary/aromatic N) is 4. The SMILES string of the molecule is COc1cn([C@@H]2C[C@H](N=[N+]=[N-])[C@@H](CO)O2)c(=S)[nH]c1=O. The molecule has 1 saturated heterocycles. The average Bonchev–Trinajstić information content (AvgIpc) is 2.82. The van der Waals surface area contributed by atoms with E-state index in [1.807, 2.05) is 0 Å². The van der Waals surface area contributed by atoms with Crippen molar-refractivity contribution in [2.24, 2.45) is 5.11 Å². The number of aromatic amines is 1. The van der Waals surface area contributed by atoms with Gasteiger partial charge in [-0.05, 0) is 17.7 Å². The quantitative estimate of drug-likeness (QED) is 0.369. The summed E-state index contributed by atoms with van der Waals surface area (Å²) in [6, 6.07) is -0.491. The highest BCUT2D eigenvalue weighted by Crippen LogP contribution is 2.31. The summed E-state index contributed by atoms with van der Waals surface area (Å²) in [6.07, 6.45) is 0.633. The van der Waals surface area contributed by atoms with Crippen LogP contribution in [0.25, 0.3) is 10.4 Å². The van der Waals surface area contributed by atoms with Gasteiger partial charge >= 0.3 is 0 Å². The number of aliphatic hydroxyl groups excluding tert-OH is 1. The predicted octanol–water partition coefficient (Wildman–Crippen LogP) is 0.873. The summed E-state index contributed by atoms with van der Waals surface area (Å²) < 4.78 is 12.2. The van der Waals surface area contributed by atoms with Crippen molar-refractivity contribution in [1.29, 1.82) is 0 Å². The maximum absolute atomic E-state index is 11.5. The summed E-state index contributed by atoms with van der Waals surface area (Å²) in [6.45, 7) is -0.270. The van der Waals surface area contributed by atoms with Crippen LogP contribution >= 0.6 is 12.2 Å². The van der Waals surface area contributed by atoms with Gasteiger partial charge in [-0.1, -0.05) is 5.11 Å². The molecule has 108 valence electrons. The van der Waals surface area contributed by atoms with Crippen molar-refractivity contribution < 1.29 is 14.6 Å². The van der Waals surface area contributed by atoms with E-state index in [1.165, 1.54) is 17.9 Å². The lowest BCUT2D eigenvalue weighted by Crippen LogP contribution is -2.23. The first kappa shape index (κ1) is 14.5. The van der Waals surface area contributed by atoms with E-state index in [9.17, 15) is 9.90 Å². The summed E-state index contributed by atoms with van der Waals surface area (Å²) in [4.78, 5) is 16.7. The van der Waals surface area contributed by atoms with E-state index in [0.29, 0.717) is 6.42 Å². The molecule has 2 heterocycles. The van der Waals surface area contributed by atoms with Crippen molar-refractivity contribution in [1.82, 2.24) is 9.55 Å². The average molecular weight is 299 g/mol. The Labute approximate surface area is 118 Å². The molecule has 0 unspecified atom stereocenters. The Morgan fingerprint density at radius 2 is 2.55 bits per heavy atom. The molecule has 0 saturated carbocycles. The van der Waals surface area contributed by atoms with Gasteiger partial charge in [0.15, 0.2) is 4.77 Å². The van der Waals surface area contributed by atoms with Crippen LogP contribution in [0.1, 0.15) is 12.6 Å². The molecule has 2 rings (SSSR count). The highest BCUT2D eigenvalue weighted by molar-refractivity contribution is 7.71. The molecule has 1 aromatic heterocycles. The zero-order valence-electron chi connectivity index (χ0n) is 10.6. The van der Waals surface area contributed by atoms with Crippen LogP contribution in [0, 0.1) is 4.77 Å². The summed E-state index contributed by atoms with van der Waals surface area (Å²) in [5, 5.41) is 12.8. The largest absolute Gasteiger partial charge is 0.490 e. The van der Waals surface area contributed by atoms with Gasteiger partial charge in [0.2, 0.25) is 5.75 Å². The first-order chi connectivity index (χ1) is 9.60. The Balaban J connectivity index is 2.36. The molecule has 1 aromatic rings. The lowest BCUT2D eigenvalue weighted by Gasteiger charge is -2.16. The number of azide groups is 1. The Kier molecular flexibility index (Phi) is 4.40. The second-order valence-corrected chi connectivity index (χ2v) is 4.57. The number of rotatable bonds is 4. The van der Waals surface area contributed by atoms with Crippen molar-refractivity contribution in [3.05, 3.63) is 31.8 Å². The standard InChI is InChI=1S/C10H13N5O4S/c1-18-6-3-15(10(20)12-9(6)17)8-2-5(13-14-11)7(4-16)19-8/h3,5,7-8,16H,2,4H2,1H3,(H,12,17,20)/t5-,7+,8-/m0/s1. The fraction of sp³-hybridized carbons (Fsp3) is 0.600. The molecule has 2 N–H and O–H groups in total. The molecule has 0 aliphatic carbocycles. The first-order valence-corrected chi connectivity index (χ1v) is 6.21. The molecule has 3 atom stereocenters. The molecular weight excluding hydrogens is 286 g/mol. The second kappa shape index (κ2) is 6.06. The number of nitrogens with one attached hydrogen (secondary N) is 1. The van der Waals surface area contributed by atoms with Gasteiger partial charge in [0.25, 0.3) is 5.56 Å². The molecule has 1 aliphatic rings. The zero-order chi connectivity index (χ0) is 14.7. The number of H-pyrrole nitrogens is 1. The van der Waals surface area contributed by atoms with Gasteiger partial charge in [-0.15, -0.1) is 0 Å². The minimum Gasteiger partial charge on any atom is -0.490 e.